The molecule has 4 aromatic rings. The zero-order chi connectivity index (χ0) is 24.4. The molecule has 0 fully saturated rings. The Bertz CT molecular complexity index is 1330. The highest BCUT2D eigenvalue weighted by molar-refractivity contribution is 7.17. The predicted octanol–water partition coefficient (Wildman–Crippen LogP) is 4.95. The lowest BCUT2D eigenvalue weighted by molar-refractivity contribution is 0.0998. The lowest BCUT2D eigenvalue weighted by Gasteiger charge is -2.17. The van der Waals surface area contributed by atoms with Crippen molar-refractivity contribution in [2.75, 3.05) is 0 Å². The second kappa shape index (κ2) is 10.1. The van der Waals surface area contributed by atoms with E-state index in [0.717, 1.165) is 39.5 Å². The van der Waals surface area contributed by atoms with Gasteiger partial charge in [0.1, 0.15) is 22.4 Å². The van der Waals surface area contributed by atoms with Gasteiger partial charge in [-0.3, -0.25) is 9.20 Å². The highest BCUT2D eigenvalue weighted by Crippen LogP contribution is 2.39. The summed E-state index contributed by atoms with van der Waals surface area (Å²) >= 11 is 7.80. The van der Waals surface area contributed by atoms with Crippen molar-refractivity contribution in [1.82, 2.24) is 14.7 Å². The number of nitrogens with zero attached hydrogens (tertiary/aromatic N) is 2. The number of thiophene rings is 1. The number of carbonyl (C=O) groups is 1. The molecule has 34 heavy (non-hydrogen) atoms. The molecule has 0 radical (unpaired) electrons. The Morgan fingerprint density at radius 1 is 1.24 bits per heavy atom. The molecule has 4 N–H and O–H groups in total. The van der Waals surface area contributed by atoms with Gasteiger partial charge in [-0.05, 0) is 30.2 Å². The number of fused-ring (bicyclic) bond motifs is 1. The maximum absolute atomic E-state index is 12.2. The van der Waals surface area contributed by atoms with Crippen LogP contribution in [0.15, 0.2) is 48.8 Å². The van der Waals surface area contributed by atoms with Gasteiger partial charge < -0.3 is 20.9 Å². The molecule has 0 saturated heterocycles. The minimum Gasteiger partial charge on any atom is -0.484 e. The summed E-state index contributed by atoms with van der Waals surface area (Å²) < 4.78 is 8.06. The largest absolute Gasteiger partial charge is 0.484 e. The number of benzene rings is 1. The summed E-state index contributed by atoms with van der Waals surface area (Å²) in [5.41, 5.74) is 9.83. The van der Waals surface area contributed by atoms with Crippen LogP contribution in [0, 0.1) is 0 Å². The predicted molar refractivity (Wildman–Crippen MR) is 135 cm³/mol. The van der Waals surface area contributed by atoms with Crippen molar-refractivity contribution in [1.29, 1.82) is 0 Å². The van der Waals surface area contributed by atoms with Gasteiger partial charge in [0.05, 0.1) is 23.4 Å². The molecule has 1 unspecified atom stereocenters. The summed E-state index contributed by atoms with van der Waals surface area (Å²) in [7, 11) is 0. The van der Waals surface area contributed by atoms with Gasteiger partial charge in [-0.15, -0.1) is 11.3 Å². The third-order valence-electron chi connectivity index (χ3n) is 5.44. The van der Waals surface area contributed by atoms with Crippen LogP contribution in [0.2, 0.25) is 5.02 Å². The smallest absolute Gasteiger partial charge is 0.262 e. The Morgan fingerprint density at radius 2 is 2.00 bits per heavy atom. The quantitative estimate of drug-likeness (QED) is 0.303. The molecule has 0 saturated carbocycles. The Hall–Kier alpha value is -2.91. The van der Waals surface area contributed by atoms with Crippen molar-refractivity contribution < 1.29 is 14.6 Å². The van der Waals surface area contributed by atoms with Gasteiger partial charge in [-0.1, -0.05) is 43.6 Å². The molecule has 1 atom stereocenters. The lowest BCUT2D eigenvalue weighted by atomic mass is 10.1. The first-order chi connectivity index (χ1) is 16.3. The average Bonchev–Trinajstić information content (AvgIpc) is 3.41. The summed E-state index contributed by atoms with van der Waals surface area (Å²) in [6, 6.07) is 11.7. The Labute approximate surface area is 207 Å². The number of hydrogen-bond donors (Lipinski definition) is 3. The van der Waals surface area contributed by atoms with Crippen LogP contribution in [0.4, 0.5) is 0 Å². The van der Waals surface area contributed by atoms with E-state index in [1.54, 1.807) is 12.3 Å². The molecular formula is C25H27ClN4O3S. The summed E-state index contributed by atoms with van der Waals surface area (Å²) in [6.07, 6.45) is 3.14. The van der Waals surface area contributed by atoms with Crippen molar-refractivity contribution in [2.45, 2.75) is 46.1 Å². The molecule has 178 valence electrons. The van der Waals surface area contributed by atoms with E-state index in [4.69, 9.17) is 22.1 Å². The van der Waals surface area contributed by atoms with Crippen molar-refractivity contribution in [3.05, 3.63) is 75.4 Å². The SMILES string of the molecule is CC(C)NCc1ccc(C(C)Oc2cc(-c3cnc4ccc(CO)cn34)sc2C(N)=O)c(Cl)c1. The maximum atomic E-state index is 12.2. The molecule has 1 amide bonds. The Kier molecular flexibility index (Phi) is 7.23. The number of aliphatic hydroxyl groups excluding tert-OH is 1. The first-order valence-corrected chi connectivity index (χ1v) is 12.2. The van der Waals surface area contributed by atoms with Gasteiger partial charge >= 0.3 is 0 Å². The van der Waals surface area contributed by atoms with Crippen molar-refractivity contribution in [2.24, 2.45) is 5.73 Å². The van der Waals surface area contributed by atoms with E-state index in [0.29, 0.717) is 21.7 Å². The van der Waals surface area contributed by atoms with Crippen LogP contribution < -0.4 is 15.8 Å². The monoisotopic (exact) mass is 498 g/mol. The number of ether oxygens (including phenoxy) is 1. The summed E-state index contributed by atoms with van der Waals surface area (Å²) in [4.78, 5) is 17.7. The highest BCUT2D eigenvalue weighted by Gasteiger charge is 2.21. The van der Waals surface area contributed by atoms with Gasteiger partial charge in [0.2, 0.25) is 0 Å². The number of hydrogen-bond acceptors (Lipinski definition) is 6. The number of halogens is 1. The van der Waals surface area contributed by atoms with E-state index in [1.807, 2.05) is 47.9 Å². The molecule has 3 aromatic heterocycles. The molecule has 3 heterocycles. The van der Waals surface area contributed by atoms with Crippen LogP contribution in [-0.2, 0) is 13.2 Å². The second-order valence-electron chi connectivity index (χ2n) is 8.39. The fourth-order valence-corrected chi connectivity index (χ4v) is 4.95. The van der Waals surface area contributed by atoms with Gasteiger partial charge in [0.25, 0.3) is 5.91 Å². The number of nitrogens with one attached hydrogen (secondary N) is 1. The first kappa shape index (κ1) is 24.2. The van der Waals surface area contributed by atoms with E-state index < -0.39 is 12.0 Å². The number of rotatable bonds is 9. The van der Waals surface area contributed by atoms with E-state index in [1.165, 1.54) is 11.3 Å². The number of primary amides is 1. The molecule has 7 nitrogen and oxygen atoms in total. The van der Waals surface area contributed by atoms with Crippen LogP contribution in [0.25, 0.3) is 16.2 Å². The lowest BCUT2D eigenvalue weighted by Crippen LogP contribution is -2.21. The van der Waals surface area contributed by atoms with E-state index >= 15 is 0 Å². The van der Waals surface area contributed by atoms with Crippen LogP contribution in [0.3, 0.4) is 0 Å². The minimum atomic E-state index is -0.565. The van der Waals surface area contributed by atoms with E-state index in [-0.39, 0.29) is 6.61 Å². The summed E-state index contributed by atoms with van der Waals surface area (Å²) in [6.45, 7) is 6.72. The molecule has 1 aromatic carbocycles. The van der Waals surface area contributed by atoms with Crippen LogP contribution in [0.5, 0.6) is 5.75 Å². The van der Waals surface area contributed by atoms with Crippen molar-refractivity contribution >= 4 is 34.5 Å². The van der Waals surface area contributed by atoms with Crippen LogP contribution in [0.1, 0.15) is 53.2 Å². The normalized spacial score (nSPS) is 12.4. The van der Waals surface area contributed by atoms with Crippen LogP contribution >= 0.6 is 22.9 Å². The average molecular weight is 499 g/mol. The van der Waals surface area contributed by atoms with Gasteiger partial charge in [-0.2, -0.15) is 0 Å². The Balaban J connectivity index is 1.62. The number of nitrogens with two attached hydrogens (primary N) is 1. The summed E-state index contributed by atoms with van der Waals surface area (Å²) in [5, 5.41) is 13.5. The Morgan fingerprint density at radius 3 is 2.68 bits per heavy atom. The first-order valence-electron chi connectivity index (χ1n) is 11.0. The zero-order valence-corrected chi connectivity index (χ0v) is 20.8. The summed E-state index contributed by atoms with van der Waals surface area (Å²) in [5.74, 6) is -0.167. The molecule has 9 heteroatoms. The third-order valence-corrected chi connectivity index (χ3v) is 6.93. The number of pyridine rings is 1. The topological polar surface area (TPSA) is 102 Å². The second-order valence-corrected chi connectivity index (χ2v) is 9.85. The fraction of sp³-hybridized carbons (Fsp3) is 0.280. The van der Waals surface area contributed by atoms with E-state index in [9.17, 15) is 9.90 Å². The fourth-order valence-electron chi connectivity index (χ4n) is 3.65. The van der Waals surface area contributed by atoms with Gasteiger partial charge in [0, 0.05) is 35.4 Å². The number of aliphatic hydroxyl groups is 1. The van der Waals surface area contributed by atoms with Crippen molar-refractivity contribution in [3.8, 4) is 16.3 Å². The molecule has 0 bridgehead atoms. The maximum Gasteiger partial charge on any atom is 0.262 e. The standard InChI is InChI=1S/C25H27ClN4O3S/c1-14(2)28-10-16-4-6-18(19(26)8-16)15(3)33-21-9-22(34-24(21)25(27)32)20-11-29-23-7-5-17(13-31)12-30(20)23/h4-9,11-12,14-15,28,31H,10,13H2,1-3H3,(H2,27,32). The molecule has 0 aliphatic heterocycles. The molecule has 4 rings (SSSR count). The third kappa shape index (κ3) is 5.10. The molecule has 0 aliphatic carbocycles. The van der Waals surface area contributed by atoms with Gasteiger partial charge in [0.15, 0.2) is 0 Å². The molecular weight excluding hydrogens is 472 g/mol. The van der Waals surface area contributed by atoms with Crippen molar-refractivity contribution in [3.63, 3.8) is 0 Å². The number of carbonyl (C=O) groups excluding carboxylic acids is 1. The minimum absolute atomic E-state index is 0.0799. The van der Waals surface area contributed by atoms with E-state index in [2.05, 4.69) is 24.1 Å². The molecule has 0 spiro atoms. The highest BCUT2D eigenvalue weighted by atomic mass is 35.5. The number of aromatic nitrogens is 2. The number of amides is 1. The van der Waals surface area contributed by atoms with Gasteiger partial charge in [-0.25, -0.2) is 4.98 Å². The number of imidazole rings is 1. The zero-order valence-electron chi connectivity index (χ0n) is 19.2. The van der Waals surface area contributed by atoms with Crippen LogP contribution in [-0.4, -0.2) is 26.4 Å². The molecule has 0 aliphatic rings.